The van der Waals surface area contributed by atoms with Gasteiger partial charge >= 0.3 is 0 Å². The van der Waals surface area contributed by atoms with Crippen LogP contribution in [0.15, 0.2) is 47.6 Å². The molecule has 30 heavy (non-hydrogen) atoms. The van der Waals surface area contributed by atoms with E-state index in [1.54, 1.807) is 17.0 Å². The summed E-state index contributed by atoms with van der Waals surface area (Å²) in [5, 5.41) is 9.54. The lowest BCUT2D eigenvalue weighted by Crippen LogP contribution is -2.37. The quantitative estimate of drug-likeness (QED) is 0.512. The van der Waals surface area contributed by atoms with Crippen LogP contribution in [0.1, 0.15) is 37.6 Å². The zero-order valence-electron chi connectivity index (χ0n) is 16.9. The van der Waals surface area contributed by atoms with E-state index >= 15 is 0 Å². The first-order valence-corrected chi connectivity index (χ1v) is 11.3. The van der Waals surface area contributed by atoms with E-state index in [4.69, 9.17) is 16.3 Å². The Kier molecular flexibility index (Phi) is 5.92. The molecular formula is C22H21ClN4O2S. The number of nitrogens with zero attached hydrogens (tertiary/aromatic N) is 4. The molecule has 1 atom stereocenters. The lowest BCUT2D eigenvalue weighted by atomic mass is 10.1. The Morgan fingerprint density at radius 1 is 1.17 bits per heavy atom. The number of rotatable bonds is 4. The Balaban J connectivity index is 1.96. The van der Waals surface area contributed by atoms with Gasteiger partial charge < -0.3 is 4.74 Å². The number of ether oxygens (including phenoxy) is 1. The van der Waals surface area contributed by atoms with Crippen LogP contribution >= 0.6 is 23.4 Å². The topological polar surface area (TPSA) is 68.2 Å². The van der Waals surface area contributed by atoms with Crippen LogP contribution in [0.3, 0.4) is 0 Å². The molecular weight excluding hydrogens is 420 g/mol. The van der Waals surface area contributed by atoms with Crippen molar-refractivity contribution in [2.75, 3.05) is 11.2 Å². The maximum absolute atomic E-state index is 13.1. The molecule has 0 N–H and O–H groups in total. The van der Waals surface area contributed by atoms with Crippen LogP contribution < -0.4 is 9.64 Å². The summed E-state index contributed by atoms with van der Waals surface area (Å²) in [6, 6.07) is 13.4. The standard InChI is InChI=1S/C22H21ClN4O2S/c1-4-13-6-8-14(9-7-13)21-27(18(28)5-2)17-11-10-15(23)12-16(17)19-20(29-21)24-22(30-3)26-25-19/h6-12,21H,4-5H2,1-3H3/t21-/m1/s1. The molecule has 0 fully saturated rings. The highest BCUT2D eigenvalue weighted by molar-refractivity contribution is 7.98. The molecule has 8 heteroatoms. The zero-order valence-corrected chi connectivity index (χ0v) is 18.5. The number of benzene rings is 2. The van der Waals surface area contributed by atoms with Gasteiger partial charge in [-0.3, -0.25) is 9.69 Å². The fraction of sp³-hybridized carbons (Fsp3) is 0.273. The number of thioether (sulfide) groups is 1. The van der Waals surface area contributed by atoms with E-state index in [-0.39, 0.29) is 5.91 Å². The van der Waals surface area contributed by atoms with Crippen LogP contribution in [0.25, 0.3) is 11.3 Å². The first-order chi connectivity index (χ1) is 14.5. The van der Waals surface area contributed by atoms with Gasteiger partial charge in [-0.1, -0.05) is 61.5 Å². The van der Waals surface area contributed by atoms with Gasteiger partial charge in [-0.25, -0.2) is 0 Å². The van der Waals surface area contributed by atoms with Crippen LogP contribution in [-0.4, -0.2) is 27.3 Å². The van der Waals surface area contributed by atoms with Crippen molar-refractivity contribution >= 4 is 35.0 Å². The van der Waals surface area contributed by atoms with E-state index in [9.17, 15) is 4.79 Å². The van der Waals surface area contributed by atoms with E-state index in [0.29, 0.717) is 39.4 Å². The van der Waals surface area contributed by atoms with Crippen molar-refractivity contribution in [1.29, 1.82) is 0 Å². The summed E-state index contributed by atoms with van der Waals surface area (Å²) < 4.78 is 6.35. The number of amides is 1. The Morgan fingerprint density at radius 3 is 2.60 bits per heavy atom. The molecule has 0 radical (unpaired) electrons. The van der Waals surface area contributed by atoms with Crippen molar-refractivity contribution in [1.82, 2.24) is 15.2 Å². The summed E-state index contributed by atoms with van der Waals surface area (Å²) in [7, 11) is 0. The molecule has 1 aliphatic heterocycles. The fourth-order valence-electron chi connectivity index (χ4n) is 3.40. The van der Waals surface area contributed by atoms with E-state index in [1.807, 2.05) is 43.5 Å². The fourth-order valence-corrected chi connectivity index (χ4v) is 3.87. The van der Waals surface area contributed by atoms with Gasteiger partial charge in [-0.15, -0.1) is 10.2 Å². The average molecular weight is 441 g/mol. The molecule has 0 unspecified atom stereocenters. The second kappa shape index (κ2) is 8.62. The summed E-state index contributed by atoms with van der Waals surface area (Å²) in [4.78, 5) is 19.3. The maximum Gasteiger partial charge on any atom is 0.247 e. The highest BCUT2D eigenvalue weighted by Crippen LogP contribution is 2.44. The Morgan fingerprint density at radius 2 is 1.93 bits per heavy atom. The van der Waals surface area contributed by atoms with Gasteiger partial charge in [0.2, 0.25) is 23.2 Å². The van der Waals surface area contributed by atoms with Gasteiger partial charge in [-0.05, 0) is 36.4 Å². The molecule has 6 nitrogen and oxygen atoms in total. The largest absolute Gasteiger partial charge is 0.447 e. The van der Waals surface area contributed by atoms with Gasteiger partial charge in [0.05, 0.1) is 5.69 Å². The van der Waals surface area contributed by atoms with E-state index in [1.165, 1.54) is 17.3 Å². The number of aromatic nitrogens is 3. The lowest BCUT2D eigenvalue weighted by molar-refractivity contribution is -0.120. The monoisotopic (exact) mass is 440 g/mol. The molecule has 1 aromatic heterocycles. The SMILES string of the molecule is CCC(=O)N1c2ccc(Cl)cc2-c2nnc(SC)nc2O[C@@H]1c1ccc(CC)cc1. The average Bonchev–Trinajstić information content (AvgIpc) is 2.92. The summed E-state index contributed by atoms with van der Waals surface area (Å²) in [6.45, 7) is 3.93. The highest BCUT2D eigenvalue weighted by Gasteiger charge is 2.35. The summed E-state index contributed by atoms with van der Waals surface area (Å²) in [5.41, 5.74) is 3.86. The second-order valence-corrected chi connectivity index (χ2v) is 8.01. The molecule has 0 saturated carbocycles. The van der Waals surface area contributed by atoms with Crippen LogP contribution in [0.2, 0.25) is 5.02 Å². The molecule has 154 valence electrons. The number of anilines is 1. The van der Waals surface area contributed by atoms with E-state index in [2.05, 4.69) is 22.1 Å². The molecule has 4 rings (SSSR count). The number of aryl methyl sites for hydroxylation is 1. The summed E-state index contributed by atoms with van der Waals surface area (Å²) >= 11 is 7.66. The number of fused-ring (bicyclic) bond motifs is 3. The van der Waals surface area contributed by atoms with Crippen molar-refractivity contribution in [2.45, 2.75) is 38.1 Å². The van der Waals surface area contributed by atoms with Crippen molar-refractivity contribution in [3.63, 3.8) is 0 Å². The predicted octanol–water partition coefficient (Wildman–Crippen LogP) is 5.31. The molecule has 0 aliphatic carbocycles. The molecule has 3 aromatic rings. The van der Waals surface area contributed by atoms with Crippen LogP contribution in [0.4, 0.5) is 5.69 Å². The summed E-state index contributed by atoms with van der Waals surface area (Å²) in [6.07, 6.45) is 2.44. The molecule has 0 saturated heterocycles. The maximum atomic E-state index is 13.1. The molecule has 0 spiro atoms. The van der Waals surface area contributed by atoms with Crippen LogP contribution in [0, 0.1) is 0 Å². The molecule has 1 amide bonds. The van der Waals surface area contributed by atoms with E-state index in [0.717, 1.165) is 12.0 Å². The van der Waals surface area contributed by atoms with Crippen molar-refractivity contribution in [2.24, 2.45) is 0 Å². The molecule has 2 aromatic carbocycles. The number of hydrogen-bond donors (Lipinski definition) is 0. The smallest absolute Gasteiger partial charge is 0.247 e. The second-order valence-electron chi connectivity index (χ2n) is 6.80. The predicted molar refractivity (Wildman–Crippen MR) is 119 cm³/mol. The minimum Gasteiger partial charge on any atom is -0.447 e. The third-order valence-corrected chi connectivity index (χ3v) is 5.77. The number of carbonyl (C=O) groups excluding carboxylic acids is 1. The number of carbonyl (C=O) groups is 1. The Bertz CT molecular complexity index is 1090. The normalized spacial score (nSPS) is 15.1. The minimum atomic E-state index is -0.684. The molecule has 0 bridgehead atoms. The Hall–Kier alpha value is -2.64. The van der Waals surface area contributed by atoms with Gasteiger partial charge in [0, 0.05) is 22.6 Å². The van der Waals surface area contributed by atoms with Crippen LogP contribution in [-0.2, 0) is 11.2 Å². The molecule has 1 aliphatic rings. The minimum absolute atomic E-state index is 0.0750. The van der Waals surface area contributed by atoms with Gasteiger partial charge in [-0.2, -0.15) is 4.98 Å². The lowest BCUT2D eigenvalue weighted by Gasteiger charge is -2.30. The van der Waals surface area contributed by atoms with Gasteiger partial charge in [0.15, 0.2) is 5.69 Å². The number of hydrogen-bond acceptors (Lipinski definition) is 6. The highest BCUT2D eigenvalue weighted by atomic mass is 35.5. The van der Waals surface area contributed by atoms with Crippen molar-refractivity contribution < 1.29 is 9.53 Å². The van der Waals surface area contributed by atoms with Crippen molar-refractivity contribution in [3.05, 3.63) is 58.6 Å². The molecule has 2 heterocycles. The van der Waals surface area contributed by atoms with E-state index < -0.39 is 6.23 Å². The summed E-state index contributed by atoms with van der Waals surface area (Å²) in [5.74, 6) is 0.253. The van der Waals surface area contributed by atoms with Gasteiger partial charge in [0.1, 0.15) is 0 Å². The number of halogens is 1. The zero-order chi connectivity index (χ0) is 21.3. The van der Waals surface area contributed by atoms with Gasteiger partial charge in [0.25, 0.3) is 0 Å². The third kappa shape index (κ3) is 3.75. The van der Waals surface area contributed by atoms with Crippen molar-refractivity contribution in [3.8, 4) is 17.1 Å². The first kappa shape index (κ1) is 20.6. The third-order valence-electron chi connectivity index (χ3n) is 4.99. The van der Waals surface area contributed by atoms with Crippen LogP contribution in [0.5, 0.6) is 5.88 Å². The first-order valence-electron chi connectivity index (χ1n) is 9.71. The Labute approximate surface area is 184 Å².